The van der Waals surface area contributed by atoms with E-state index < -0.39 is 0 Å². The fourth-order valence-corrected chi connectivity index (χ4v) is 1.79. The molecular formula is C14H16N4O. The zero-order valence-electron chi connectivity index (χ0n) is 10.6. The normalized spacial score (nSPS) is 11.8. The highest BCUT2D eigenvalue weighted by Gasteiger charge is 2.12. The maximum atomic E-state index is 12.1. The Balaban J connectivity index is 2.13. The second-order valence-electron chi connectivity index (χ2n) is 4.34. The van der Waals surface area contributed by atoms with Gasteiger partial charge < -0.3 is 16.8 Å². The summed E-state index contributed by atoms with van der Waals surface area (Å²) in [6.45, 7) is 1.87. The van der Waals surface area contributed by atoms with Crippen LogP contribution in [0.4, 0.5) is 11.4 Å². The molecule has 1 aromatic carbocycles. The number of nitrogens with one attached hydrogen (secondary N) is 1. The van der Waals surface area contributed by atoms with Gasteiger partial charge in [-0.05, 0) is 37.3 Å². The number of nitrogens with two attached hydrogens (primary N) is 2. The third kappa shape index (κ3) is 3.22. The number of carbonyl (C=O) groups is 1. The van der Waals surface area contributed by atoms with Crippen LogP contribution in [0.5, 0.6) is 0 Å². The van der Waals surface area contributed by atoms with Gasteiger partial charge in [-0.3, -0.25) is 9.78 Å². The highest BCUT2D eigenvalue weighted by atomic mass is 16.1. The van der Waals surface area contributed by atoms with Gasteiger partial charge in [0.25, 0.3) is 5.91 Å². The smallest absolute Gasteiger partial charge is 0.251 e. The summed E-state index contributed by atoms with van der Waals surface area (Å²) >= 11 is 0. The van der Waals surface area contributed by atoms with Crippen molar-refractivity contribution in [2.45, 2.75) is 13.0 Å². The third-order valence-corrected chi connectivity index (χ3v) is 2.72. The predicted molar refractivity (Wildman–Crippen MR) is 75.4 cm³/mol. The van der Waals surface area contributed by atoms with Crippen molar-refractivity contribution in [2.75, 3.05) is 11.5 Å². The van der Waals surface area contributed by atoms with Crippen molar-refractivity contribution >= 4 is 17.3 Å². The van der Waals surface area contributed by atoms with E-state index in [1.807, 2.05) is 25.1 Å². The lowest BCUT2D eigenvalue weighted by atomic mass is 10.1. The molecule has 5 N–H and O–H groups in total. The summed E-state index contributed by atoms with van der Waals surface area (Å²) in [6, 6.07) is 10.2. The van der Waals surface area contributed by atoms with E-state index in [1.54, 1.807) is 24.4 Å². The molecule has 19 heavy (non-hydrogen) atoms. The average molecular weight is 256 g/mol. The zero-order valence-corrected chi connectivity index (χ0v) is 10.6. The third-order valence-electron chi connectivity index (χ3n) is 2.72. The fraction of sp³-hybridized carbons (Fsp3) is 0.143. The molecular weight excluding hydrogens is 240 g/mol. The quantitative estimate of drug-likeness (QED) is 0.729. The lowest BCUT2D eigenvalue weighted by Crippen LogP contribution is -2.27. The van der Waals surface area contributed by atoms with Crippen LogP contribution < -0.4 is 16.8 Å². The van der Waals surface area contributed by atoms with Crippen LogP contribution >= 0.6 is 0 Å². The summed E-state index contributed by atoms with van der Waals surface area (Å²) in [5.41, 5.74) is 13.5. The van der Waals surface area contributed by atoms with Crippen molar-refractivity contribution in [3.8, 4) is 0 Å². The molecule has 1 heterocycles. The number of rotatable bonds is 3. The van der Waals surface area contributed by atoms with Gasteiger partial charge in [0.15, 0.2) is 0 Å². The maximum Gasteiger partial charge on any atom is 0.251 e. The largest absolute Gasteiger partial charge is 0.399 e. The Bertz CT molecular complexity index is 563. The van der Waals surface area contributed by atoms with Crippen molar-refractivity contribution in [3.63, 3.8) is 0 Å². The average Bonchev–Trinajstić information content (AvgIpc) is 2.38. The van der Waals surface area contributed by atoms with E-state index in [1.165, 1.54) is 0 Å². The van der Waals surface area contributed by atoms with E-state index in [0.717, 1.165) is 5.69 Å². The number of benzene rings is 1. The Hall–Kier alpha value is -2.56. The number of aromatic nitrogens is 1. The Morgan fingerprint density at radius 3 is 2.47 bits per heavy atom. The van der Waals surface area contributed by atoms with Crippen molar-refractivity contribution in [1.29, 1.82) is 0 Å². The number of carbonyl (C=O) groups excluding carboxylic acids is 1. The summed E-state index contributed by atoms with van der Waals surface area (Å²) in [7, 11) is 0. The highest BCUT2D eigenvalue weighted by molar-refractivity contribution is 5.96. The number of amides is 1. The molecule has 1 atom stereocenters. The number of pyridine rings is 1. The van der Waals surface area contributed by atoms with Crippen LogP contribution in [-0.4, -0.2) is 10.9 Å². The minimum absolute atomic E-state index is 0.184. The summed E-state index contributed by atoms with van der Waals surface area (Å²) < 4.78 is 0. The van der Waals surface area contributed by atoms with Gasteiger partial charge in [0.05, 0.1) is 11.7 Å². The van der Waals surface area contributed by atoms with Crippen LogP contribution in [0, 0.1) is 0 Å². The summed E-state index contributed by atoms with van der Waals surface area (Å²) in [4.78, 5) is 16.3. The van der Waals surface area contributed by atoms with E-state index in [4.69, 9.17) is 11.5 Å². The molecule has 0 saturated carbocycles. The lowest BCUT2D eigenvalue weighted by molar-refractivity contribution is 0.0939. The molecule has 0 aliphatic rings. The maximum absolute atomic E-state index is 12.1. The van der Waals surface area contributed by atoms with Crippen molar-refractivity contribution in [3.05, 3.63) is 53.9 Å². The van der Waals surface area contributed by atoms with Crippen LogP contribution in [0.25, 0.3) is 0 Å². The molecule has 2 aromatic rings. The second-order valence-corrected chi connectivity index (χ2v) is 4.34. The first-order valence-electron chi connectivity index (χ1n) is 5.94. The standard InChI is InChI=1S/C14H16N4O/c1-9(13-4-2-3-5-17-13)18-14(19)10-6-11(15)8-12(16)7-10/h2-9H,15-16H2,1H3,(H,18,19). The Labute approximate surface area is 111 Å². The molecule has 0 radical (unpaired) electrons. The van der Waals surface area contributed by atoms with Gasteiger partial charge in [0.2, 0.25) is 0 Å². The summed E-state index contributed by atoms with van der Waals surface area (Å²) in [5, 5.41) is 2.85. The van der Waals surface area contributed by atoms with Crippen molar-refractivity contribution < 1.29 is 4.79 Å². The number of hydrogen-bond donors (Lipinski definition) is 3. The minimum atomic E-state index is -0.225. The predicted octanol–water partition coefficient (Wildman–Crippen LogP) is 1.74. The van der Waals surface area contributed by atoms with Crippen LogP contribution in [0.1, 0.15) is 29.0 Å². The molecule has 1 unspecified atom stereocenters. The van der Waals surface area contributed by atoms with E-state index >= 15 is 0 Å². The van der Waals surface area contributed by atoms with Crippen LogP contribution in [0.15, 0.2) is 42.6 Å². The van der Waals surface area contributed by atoms with E-state index in [0.29, 0.717) is 16.9 Å². The lowest BCUT2D eigenvalue weighted by Gasteiger charge is -2.13. The molecule has 0 bridgehead atoms. The van der Waals surface area contributed by atoms with E-state index in [2.05, 4.69) is 10.3 Å². The molecule has 0 saturated heterocycles. The summed E-state index contributed by atoms with van der Waals surface area (Å²) in [5.74, 6) is -0.225. The number of hydrogen-bond acceptors (Lipinski definition) is 4. The topological polar surface area (TPSA) is 94.0 Å². The Morgan fingerprint density at radius 2 is 1.89 bits per heavy atom. The molecule has 5 nitrogen and oxygen atoms in total. The van der Waals surface area contributed by atoms with Crippen molar-refractivity contribution in [1.82, 2.24) is 10.3 Å². The monoisotopic (exact) mass is 256 g/mol. The second kappa shape index (κ2) is 5.39. The molecule has 5 heteroatoms. The Kier molecular flexibility index (Phi) is 3.66. The van der Waals surface area contributed by atoms with Gasteiger partial charge in [0, 0.05) is 23.1 Å². The van der Waals surface area contributed by atoms with Gasteiger partial charge in [-0.25, -0.2) is 0 Å². The summed E-state index contributed by atoms with van der Waals surface area (Å²) in [6.07, 6.45) is 1.69. The first-order chi connectivity index (χ1) is 9.06. The molecule has 1 aromatic heterocycles. The fourth-order valence-electron chi connectivity index (χ4n) is 1.79. The molecule has 2 rings (SSSR count). The molecule has 0 aliphatic carbocycles. The zero-order chi connectivity index (χ0) is 13.8. The van der Waals surface area contributed by atoms with Gasteiger partial charge in [-0.2, -0.15) is 0 Å². The molecule has 0 spiro atoms. The number of anilines is 2. The first kappa shape index (κ1) is 12.9. The SMILES string of the molecule is CC(NC(=O)c1cc(N)cc(N)c1)c1ccccn1. The van der Waals surface area contributed by atoms with Crippen molar-refractivity contribution in [2.24, 2.45) is 0 Å². The molecule has 1 amide bonds. The molecule has 98 valence electrons. The van der Waals surface area contributed by atoms with Gasteiger partial charge in [0.1, 0.15) is 0 Å². The van der Waals surface area contributed by atoms with Gasteiger partial charge in [-0.15, -0.1) is 0 Å². The van der Waals surface area contributed by atoms with Crippen LogP contribution in [-0.2, 0) is 0 Å². The number of nitrogens with zero attached hydrogens (tertiary/aromatic N) is 1. The number of nitrogen functional groups attached to an aromatic ring is 2. The van der Waals surface area contributed by atoms with Gasteiger partial charge in [-0.1, -0.05) is 6.07 Å². The first-order valence-corrected chi connectivity index (χ1v) is 5.94. The van der Waals surface area contributed by atoms with Gasteiger partial charge >= 0.3 is 0 Å². The van der Waals surface area contributed by atoms with Crippen LogP contribution in [0.2, 0.25) is 0 Å². The molecule has 0 aliphatic heterocycles. The van der Waals surface area contributed by atoms with Crippen LogP contribution in [0.3, 0.4) is 0 Å². The van der Waals surface area contributed by atoms with E-state index in [-0.39, 0.29) is 11.9 Å². The molecule has 0 fully saturated rings. The van der Waals surface area contributed by atoms with E-state index in [9.17, 15) is 4.79 Å². The highest BCUT2D eigenvalue weighted by Crippen LogP contribution is 2.15. The minimum Gasteiger partial charge on any atom is -0.399 e. The Morgan fingerprint density at radius 1 is 1.21 bits per heavy atom.